The maximum atomic E-state index is 4.71. The summed E-state index contributed by atoms with van der Waals surface area (Å²) in [5.41, 5.74) is 3.22. The summed E-state index contributed by atoms with van der Waals surface area (Å²) in [5, 5.41) is 4.24. The molecule has 3 heterocycles. The predicted molar refractivity (Wildman–Crippen MR) is 87.7 cm³/mol. The van der Waals surface area contributed by atoms with E-state index in [0.717, 1.165) is 30.3 Å². The molecule has 2 aromatic heterocycles. The van der Waals surface area contributed by atoms with Gasteiger partial charge in [0.05, 0.1) is 11.4 Å². The van der Waals surface area contributed by atoms with Crippen molar-refractivity contribution in [3.63, 3.8) is 0 Å². The fourth-order valence-corrected chi connectivity index (χ4v) is 3.27. The van der Waals surface area contributed by atoms with E-state index < -0.39 is 0 Å². The van der Waals surface area contributed by atoms with Crippen LogP contribution in [0.3, 0.4) is 0 Å². The van der Waals surface area contributed by atoms with Crippen LogP contribution in [0.2, 0.25) is 0 Å². The SMILES string of the molecule is Cc1nc(-c2ccnn2C)cc(C2CCN(C(C)C)CC2)n1. The second-order valence-electron chi connectivity index (χ2n) is 6.47. The molecule has 0 spiro atoms. The Labute approximate surface area is 132 Å². The van der Waals surface area contributed by atoms with Crippen molar-refractivity contribution in [3.05, 3.63) is 29.8 Å². The molecule has 1 aliphatic rings. The number of hydrogen-bond donors (Lipinski definition) is 0. The van der Waals surface area contributed by atoms with Gasteiger partial charge < -0.3 is 4.90 Å². The molecule has 0 bridgehead atoms. The number of hydrogen-bond acceptors (Lipinski definition) is 4. The normalized spacial score (nSPS) is 17.3. The average molecular weight is 299 g/mol. The maximum absolute atomic E-state index is 4.71. The first-order valence-corrected chi connectivity index (χ1v) is 8.12. The first-order valence-electron chi connectivity index (χ1n) is 8.12. The lowest BCUT2D eigenvalue weighted by atomic mass is 9.92. The van der Waals surface area contributed by atoms with Gasteiger partial charge in [0.1, 0.15) is 5.82 Å². The number of aryl methyl sites for hydroxylation is 2. The van der Waals surface area contributed by atoms with Crippen molar-refractivity contribution in [3.8, 4) is 11.4 Å². The van der Waals surface area contributed by atoms with Gasteiger partial charge in [-0.3, -0.25) is 4.68 Å². The molecule has 0 aromatic carbocycles. The van der Waals surface area contributed by atoms with Crippen molar-refractivity contribution in [2.24, 2.45) is 7.05 Å². The van der Waals surface area contributed by atoms with Gasteiger partial charge in [-0.1, -0.05) is 0 Å². The highest BCUT2D eigenvalue weighted by Crippen LogP contribution is 2.29. The van der Waals surface area contributed by atoms with Crippen molar-refractivity contribution in [1.82, 2.24) is 24.6 Å². The Bertz CT molecular complexity index is 638. The van der Waals surface area contributed by atoms with E-state index in [0.29, 0.717) is 12.0 Å². The molecule has 5 heteroatoms. The minimum absolute atomic E-state index is 0.545. The molecule has 0 atom stereocenters. The smallest absolute Gasteiger partial charge is 0.126 e. The van der Waals surface area contributed by atoms with E-state index in [-0.39, 0.29) is 0 Å². The summed E-state index contributed by atoms with van der Waals surface area (Å²) in [5.74, 6) is 1.39. The molecule has 1 saturated heterocycles. The van der Waals surface area contributed by atoms with E-state index in [2.05, 4.69) is 34.9 Å². The van der Waals surface area contributed by atoms with Crippen LogP contribution in [-0.2, 0) is 7.05 Å². The zero-order valence-electron chi connectivity index (χ0n) is 14.0. The van der Waals surface area contributed by atoms with Gasteiger partial charge in [-0.15, -0.1) is 0 Å². The third-order valence-corrected chi connectivity index (χ3v) is 4.62. The average Bonchev–Trinajstić information content (AvgIpc) is 2.93. The standard InChI is InChI=1S/C17H25N5/c1-12(2)22-9-6-14(7-10-22)15-11-16(20-13(3)19-15)17-5-8-18-21(17)4/h5,8,11-12,14H,6-7,9-10H2,1-4H3. The Kier molecular flexibility index (Phi) is 4.25. The molecule has 0 amide bonds. The summed E-state index contributed by atoms with van der Waals surface area (Å²) >= 11 is 0. The summed E-state index contributed by atoms with van der Waals surface area (Å²) in [7, 11) is 1.95. The quantitative estimate of drug-likeness (QED) is 0.874. The van der Waals surface area contributed by atoms with Crippen LogP contribution in [-0.4, -0.2) is 43.8 Å². The van der Waals surface area contributed by atoms with Crippen LogP contribution in [0.25, 0.3) is 11.4 Å². The minimum Gasteiger partial charge on any atom is -0.301 e. The minimum atomic E-state index is 0.545. The molecule has 0 radical (unpaired) electrons. The number of nitrogens with zero attached hydrogens (tertiary/aromatic N) is 5. The van der Waals surface area contributed by atoms with Crippen LogP contribution in [0.4, 0.5) is 0 Å². The van der Waals surface area contributed by atoms with Gasteiger partial charge in [0.2, 0.25) is 0 Å². The first kappa shape index (κ1) is 15.2. The lowest BCUT2D eigenvalue weighted by Crippen LogP contribution is -2.38. The van der Waals surface area contributed by atoms with E-state index in [9.17, 15) is 0 Å². The largest absolute Gasteiger partial charge is 0.301 e. The lowest BCUT2D eigenvalue weighted by molar-refractivity contribution is 0.170. The Hall–Kier alpha value is -1.75. The number of likely N-dealkylation sites (tertiary alicyclic amines) is 1. The van der Waals surface area contributed by atoms with Gasteiger partial charge >= 0.3 is 0 Å². The highest BCUT2D eigenvalue weighted by molar-refractivity contribution is 5.54. The van der Waals surface area contributed by atoms with E-state index in [1.54, 1.807) is 0 Å². The molecule has 0 unspecified atom stereocenters. The van der Waals surface area contributed by atoms with Gasteiger partial charge in [-0.25, -0.2) is 9.97 Å². The van der Waals surface area contributed by atoms with E-state index in [1.807, 2.05) is 30.9 Å². The highest BCUT2D eigenvalue weighted by atomic mass is 15.3. The van der Waals surface area contributed by atoms with Crippen molar-refractivity contribution in [2.45, 2.75) is 45.6 Å². The predicted octanol–water partition coefficient (Wildman–Crippen LogP) is 2.77. The van der Waals surface area contributed by atoms with Crippen molar-refractivity contribution in [2.75, 3.05) is 13.1 Å². The molecule has 118 valence electrons. The van der Waals surface area contributed by atoms with Gasteiger partial charge in [0, 0.05) is 30.9 Å². The topological polar surface area (TPSA) is 46.8 Å². The van der Waals surface area contributed by atoms with Gasteiger partial charge in [-0.2, -0.15) is 5.10 Å². The maximum Gasteiger partial charge on any atom is 0.126 e. The summed E-state index contributed by atoms with van der Waals surface area (Å²) in [6.07, 6.45) is 4.17. The molecule has 1 aliphatic heterocycles. The van der Waals surface area contributed by atoms with Crippen molar-refractivity contribution >= 4 is 0 Å². The Morgan fingerprint density at radius 3 is 2.50 bits per heavy atom. The molecule has 22 heavy (non-hydrogen) atoms. The van der Waals surface area contributed by atoms with Crippen LogP contribution < -0.4 is 0 Å². The van der Waals surface area contributed by atoms with Crippen LogP contribution in [0, 0.1) is 6.92 Å². The fraction of sp³-hybridized carbons (Fsp3) is 0.588. The fourth-order valence-electron chi connectivity index (χ4n) is 3.27. The molecule has 2 aromatic rings. The van der Waals surface area contributed by atoms with Crippen LogP contribution >= 0.6 is 0 Å². The summed E-state index contributed by atoms with van der Waals surface area (Å²) in [6.45, 7) is 8.84. The molecular weight excluding hydrogens is 274 g/mol. The molecule has 1 fully saturated rings. The molecule has 0 saturated carbocycles. The second-order valence-corrected chi connectivity index (χ2v) is 6.47. The zero-order valence-corrected chi connectivity index (χ0v) is 14.0. The Balaban J connectivity index is 1.83. The van der Waals surface area contributed by atoms with Crippen LogP contribution in [0.1, 0.15) is 44.1 Å². The lowest BCUT2D eigenvalue weighted by Gasteiger charge is -2.34. The monoisotopic (exact) mass is 299 g/mol. The van der Waals surface area contributed by atoms with Crippen LogP contribution in [0.5, 0.6) is 0 Å². The Morgan fingerprint density at radius 2 is 1.91 bits per heavy atom. The Morgan fingerprint density at radius 1 is 1.18 bits per heavy atom. The summed E-state index contributed by atoms with van der Waals surface area (Å²) < 4.78 is 1.87. The van der Waals surface area contributed by atoms with E-state index >= 15 is 0 Å². The molecular formula is C17H25N5. The zero-order chi connectivity index (χ0) is 15.7. The molecule has 3 rings (SSSR count). The second kappa shape index (κ2) is 6.16. The number of aromatic nitrogens is 4. The first-order chi connectivity index (χ1) is 10.5. The molecule has 0 N–H and O–H groups in total. The number of piperidine rings is 1. The van der Waals surface area contributed by atoms with Crippen molar-refractivity contribution < 1.29 is 0 Å². The van der Waals surface area contributed by atoms with Gasteiger partial charge in [0.25, 0.3) is 0 Å². The summed E-state index contributed by atoms with van der Waals surface area (Å²) in [4.78, 5) is 11.8. The third kappa shape index (κ3) is 3.04. The third-order valence-electron chi connectivity index (χ3n) is 4.62. The van der Waals surface area contributed by atoms with E-state index in [1.165, 1.54) is 18.5 Å². The molecule has 0 aliphatic carbocycles. The van der Waals surface area contributed by atoms with E-state index in [4.69, 9.17) is 4.98 Å². The number of rotatable bonds is 3. The molecule has 5 nitrogen and oxygen atoms in total. The van der Waals surface area contributed by atoms with Gasteiger partial charge in [-0.05, 0) is 58.8 Å². The highest BCUT2D eigenvalue weighted by Gasteiger charge is 2.24. The summed E-state index contributed by atoms with van der Waals surface area (Å²) in [6, 6.07) is 4.80. The van der Waals surface area contributed by atoms with Gasteiger partial charge in [0.15, 0.2) is 0 Å². The van der Waals surface area contributed by atoms with Crippen LogP contribution in [0.15, 0.2) is 18.3 Å². The van der Waals surface area contributed by atoms with Crippen molar-refractivity contribution in [1.29, 1.82) is 0 Å².